The van der Waals surface area contributed by atoms with Crippen molar-refractivity contribution in [2.75, 3.05) is 7.11 Å². The number of methoxy groups -OCH3 is 1. The predicted octanol–water partition coefficient (Wildman–Crippen LogP) is 2.14. The molecule has 0 spiro atoms. The van der Waals surface area contributed by atoms with E-state index >= 15 is 0 Å². The van der Waals surface area contributed by atoms with Crippen LogP contribution in [0.15, 0.2) is 6.07 Å². The minimum Gasteiger partial charge on any atom is -0.481 e. The molecule has 78 valence electrons. The van der Waals surface area contributed by atoms with Crippen LogP contribution < -0.4 is 10.5 Å². The second kappa shape index (κ2) is 4.52. The van der Waals surface area contributed by atoms with Gasteiger partial charge in [0.05, 0.1) is 12.7 Å². The lowest BCUT2D eigenvalue weighted by atomic mass is 10.1. The quantitative estimate of drug-likeness (QED) is 0.798. The highest BCUT2D eigenvalue weighted by molar-refractivity contribution is 6.29. The molecule has 0 aliphatic carbocycles. The van der Waals surface area contributed by atoms with Crippen molar-refractivity contribution in [2.24, 2.45) is 5.73 Å². The van der Waals surface area contributed by atoms with Gasteiger partial charge in [-0.2, -0.15) is 0 Å². The largest absolute Gasteiger partial charge is 0.481 e. The van der Waals surface area contributed by atoms with Gasteiger partial charge in [-0.15, -0.1) is 0 Å². The van der Waals surface area contributed by atoms with Crippen LogP contribution in [0.2, 0.25) is 5.15 Å². The third-order valence-corrected chi connectivity index (χ3v) is 1.90. The van der Waals surface area contributed by atoms with Crippen molar-refractivity contribution in [3.63, 3.8) is 0 Å². The van der Waals surface area contributed by atoms with E-state index in [0.29, 0.717) is 0 Å². The van der Waals surface area contributed by atoms with Crippen molar-refractivity contribution >= 4 is 11.6 Å². The monoisotopic (exact) mass is 222 g/mol. The van der Waals surface area contributed by atoms with Crippen molar-refractivity contribution in [3.05, 3.63) is 22.3 Å². The van der Waals surface area contributed by atoms with Gasteiger partial charge >= 0.3 is 0 Å². The molecule has 3 nitrogen and oxygen atoms in total. The van der Waals surface area contributed by atoms with Crippen LogP contribution in [0.25, 0.3) is 0 Å². The fourth-order valence-electron chi connectivity index (χ4n) is 1.11. The standard InChI is InChI=1S/C8H9ClF2N2O/c1-14-8-6(7(10)11)4(3-12)2-5(9)13-8/h2,7H,3,12H2,1H3. The van der Waals surface area contributed by atoms with Crippen LogP contribution in [0.5, 0.6) is 5.88 Å². The molecule has 1 aromatic rings. The number of halogens is 3. The number of hydrogen-bond acceptors (Lipinski definition) is 3. The Kier molecular flexibility index (Phi) is 3.60. The molecular formula is C8H9ClF2N2O. The maximum Gasteiger partial charge on any atom is 0.269 e. The molecule has 0 fully saturated rings. The van der Waals surface area contributed by atoms with Crippen molar-refractivity contribution in [2.45, 2.75) is 13.0 Å². The van der Waals surface area contributed by atoms with E-state index in [4.69, 9.17) is 22.1 Å². The summed E-state index contributed by atoms with van der Waals surface area (Å²) >= 11 is 5.59. The molecule has 6 heteroatoms. The molecule has 0 atom stereocenters. The van der Waals surface area contributed by atoms with Crippen LogP contribution in [0.1, 0.15) is 17.6 Å². The van der Waals surface area contributed by atoms with Gasteiger partial charge in [-0.1, -0.05) is 11.6 Å². The van der Waals surface area contributed by atoms with Crippen molar-refractivity contribution in [1.82, 2.24) is 4.98 Å². The topological polar surface area (TPSA) is 48.1 Å². The zero-order chi connectivity index (χ0) is 10.7. The second-order valence-corrected chi connectivity index (χ2v) is 2.92. The summed E-state index contributed by atoms with van der Waals surface area (Å²) in [7, 11) is 1.25. The van der Waals surface area contributed by atoms with Gasteiger partial charge in [-0.3, -0.25) is 0 Å². The van der Waals surface area contributed by atoms with Gasteiger partial charge in [0.2, 0.25) is 5.88 Å². The first kappa shape index (κ1) is 11.1. The van der Waals surface area contributed by atoms with E-state index in [0.717, 1.165) is 0 Å². The Morgan fingerprint density at radius 3 is 2.71 bits per heavy atom. The number of hydrogen-bond donors (Lipinski definition) is 1. The first-order valence-corrected chi connectivity index (χ1v) is 4.19. The summed E-state index contributed by atoms with van der Waals surface area (Å²) in [6.45, 7) is -0.0295. The summed E-state index contributed by atoms with van der Waals surface area (Å²) < 4.78 is 29.8. The summed E-state index contributed by atoms with van der Waals surface area (Å²) in [4.78, 5) is 3.63. The van der Waals surface area contributed by atoms with Crippen LogP contribution in [0.3, 0.4) is 0 Å². The van der Waals surface area contributed by atoms with Gasteiger partial charge in [0.1, 0.15) is 5.15 Å². The first-order chi connectivity index (χ1) is 6.60. The zero-order valence-electron chi connectivity index (χ0n) is 7.43. The lowest BCUT2D eigenvalue weighted by Gasteiger charge is -2.11. The van der Waals surface area contributed by atoms with Gasteiger partial charge in [0.15, 0.2) is 0 Å². The van der Waals surface area contributed by atoms with E-state index in [1.807, 2.05) is 0 Å². The lowest BCUT2D eigenvalue weighted by Crippen LogP contribution is -2.06. The van der Waals surface area contributed by atoms with E-state index in [1.165, 1.54) is 13.2 Å². The van der Waals surface area contributed by atoms with Crippen LogP contribution in [0.4, 0.5) is 8.78 Å². The smallest absolute Gasteiger partial charge is 0.269 e. The van der Waals surface area contributed by atoms with Gasteiger partial charge in [-0.05, 0) is 11.6 Å². The molecule has 0 aromatic carbocycles. The Balaban J connectivity index is 3.33. The Hall–Kier alpha value is -0.940. The Labute approximate surface area is 84.8 Å². The second-order valence-electron chi connectivity index (χ2n) is 2.53. The highest BCUT2D eigenvalue weighted by Crippen LogP contribution is 2.32. The number of alkyl halides is 2. The third kappa shape index (κ3) is 2.10. The number of rotatable bonds is 3. The van der Waals surface area contributed by atoms with Crippen LogP contribution in [-0.4, -0.2) is 12.1 Å². The van der Waals surface area contributed by atoms with E-state index < -0.39 is 6.43 Å². The van der Waals surface area contributed by atoms with Gasteiger partial charge in [-0.25, -0.2) is 13.8 Å². The van der Waals surface area contributed by atoms with E-state index in [-0.39, 0.29) is 28.7 Å². The summed E-state index contributed by atoms with van der Waals surface area (Å²) in [6, 6.07) is 1.31. The van der Waals surface area contributed by atoms with E-state index in [2.05, 4.69) is 4.98 Å². The molecule has 0 aliphatic heterocycles. The Bertz CT molecular complexity index is 308. The molecule has 0 saturated carbocycles. The third-order valence-electron chi connectivity index (χ3n) is 1.71. The molecule has 0 amide bonds. The molecule has 1 rings (SSSR count). The predicted molar refractivity (Wildman–Crippen MR) is 48.6 cm³/mol. The van der Waals surface area contributed by atoms with Gasteiger partial charge < -0.3 is 10.5 Å². The van der Waals surface area contributed by atoms with E-state index in [1.54, 1.807) is 0 Å². The van der Waals surface area contributed by atoms with Crippen LogP contribution in [0, 0.1) is 0 Å². The van der Waals surface area contributed by atoms with Crippen molar-refractivity contribution in [3.8, 4) is 5.88 Å². The van der Waals surface area contributed by atoms with Gasteiger partial charge in [0.25, 0.3) is 6.43 Å². The van der Waals surface area contributed by atoms with Crippen molar-refractivity contribution < 1.29 is 13.5 Å². The molecular weight excluding hydrogens is 214 g/mol. The fraction of sp³-hybridized carbons (Fsp3) is 0.375. The Morgan fingerprint density at radius 2 is 2.29 bits per heavy atom. The fourth-order valence-corrected chi connectivity index (χ4v) is 1.31. The van der Waals surface area contributed by atoms with Crippen molar-refractivity contribution in [1.29, 1.82) is 0 Å². The highest BCUT2D eigenvalue weighted by Gasteiger charge is 2.20. The normalized spacial score (nSPS) is 10.7. The van der Waals surface area contributed by atoms with Crippen LogP contribution >= 0.6 is 11.6 Å². The molecule has 0 aliphatic rings. The molecule has 1 heterocycles. The molecule has 0 bridgehead atoms. The number of aromatic nitrogens is 1. The molecule has 2 N–H and O–H groups in total. The molecule has 0 saturated heterocycles. The van der Waals surface area contributed by atoms with Crippen LogP contribution in [-0.2, 0) is 6.54 Å². The zero-order valence-corrected chi connectivity index (χ0v) is 8.18. The maximum atomic E-state index is 12.6. The average Bonchev–Trinajstić information content (AvgIpc) is 2.15. The summed E-state index contributed by atoms with van der Waals surface area (Å²) in [5, 5.41) is 0.0895. The van der Waals surface area contributed by atoms with E-state index in [9.17, 15) is 8.78 Å². The molecule has 14 heavy (non-hydrogen) atoms. The number of ether oxygens (including phenoxy) is 1. The minimum atomic E-state index is -2.67. The summed E-state index contributed by atoms with van der Waals surface area (Å²) in [5.41, 5.74) is 5.26. The van der Waals surface area contributed by atoms with Gasteiger partial charge in [0, 0.05) is 6.54 Å². The Morgan fingerprint density at radius 1 is 1.64 bits per heavy atom. The maximum absolute atomic E-state index is 12.6. The lowest BCUT2D eigenvalue weighted by molar-refractivity contribution is 0.144. The molecule has 1 aromatic heterocycles. The summed E-state index contributed by atoms with van der Waals surface area (Å²) in [6.07, 6.45) is -2.67. The summed E-state index contributed by atoms with van der Waals surface area (Å²) in [5.74, 6) is -0.173. The highest BCUT2D eigenvalue weighted by atomic mass is 35.5. The first-order valence-electron chi connectivity index (χ1n) is 3.81. The number of nitrogens with two attached hydrogens (primary N) is 1. The molecule has 0 radical (unpaired) electrons. The number of pyridine rings is 1. The SMILES string of the molecule is COc1nc(Cl)cc(CN)c1C(F)F. The molecule has 0 unspecified atom stereocenters. The number of nitrogens with zero attached hydrogens (tertiary/aromatic N) is 1. The minimum absolute atomic E-state index is 0.0295. The average molecular weight is 223 g/mol.